The molecule has 1 heterocycles. The Bertz CT molecular complexity index is 1000. The summed E-state index contributed by atoms with van der Waals surface area (Å²) in [4.78, 5) is 15.1. The van der Waals surface area contributed by atoms with Crippen molar-refractivity contribution >= 4 is 17.4 Å². The Morgan fingerprint density at radius 2 is 1.93 bits per heavy atom. The van der Waals surface area contributed by atoms with E-state index in [1.165, 1.54) is 24.3 Å². The van der Waals surface area contributed by atoms with Crippen LogP contribution in [-0.4, -0.2) is 51.2 Å². The summed E-state index contributed by atoms with van der Waals surface area (Å²) in [5.41, 5.74) is 0.970. The second-order valence-electron chi connectivity index (χ2n) is 6.58. The SMILES string of the molecule is CN(C)CCc1nnc(CO)n1-c1ccc(Cl)cc1C(=O)c1cccc(F)c1. The first-order valence-electron chi connectivity index (χ1n) is 8.69. The first-order valence-corrected chi connectivity index (χ1v) is 9.07. The fourth-order valence-electron chi connectivity index (χ4n) is 2.89. The predicted molar refractivity (Wildman–Crippen MR) is 104 cm³/mol. The molecule has 0 amide bonds. The van der Waals surface area contributed by atoms with Crippen molar-refractivity contribution < 1.29 is 14.3 Å². The van der Waals surface area contributed by atoms with Crippen LogP contribution in [0.4, 0.5) is 4.39 Å². The number of carbonyl (C=O) groups excluding carboxylic acids is 1. The molecule has 0 unspecified atom stereocenters. The lowest BCUT2D eigenvalue weighted by Crippen LogP contribution is -2.18. The summed E-state index contributed by atoms with van der Waals surface area (Å²) in [6, 6.07) is 10.3. The minimum Gasteiger partial charge on any atom is -0.388 e. The quantitative estimate of drug-likeness (QED) is 0.615. The van der Waals surface area contributed by atoms with Crippen molar-refractivity contribution in [2.75, 3.05) is 20.6 Å². The predicted octanol–water partition coefficient (Wildman–Crippen LogP) is 2.89. The summed E-state index contributed by atoms with van der Waals surface area (Å²) >= 11 is 6.13. The number of hydrogen-bond donors (Lipinski definition) is 1. The number of benzene rings is 2. The summed E-state index contributed by atoms with van der Waals surface area (Å²) in [5, 5.41) is 18.3. The topological polar surface area (TPSA) is 71.2 Å². The average molecular weight is 403 g/mol. The van der Waals surface area contributed by atoms with Gasteiger partial charge in [0.2, 0.25) is 0 Å². The second kappa shape index (κ2) is 8.60. The maximum absolute atomic E-state index is 13.6. The average Bonchev–Trinajstić information content (AvgIpc) is 3.08. The number of ketones is 1. The highest BCUT2D eigenvalue weighted by atomic mass is 35.5. The van der Waals surface area contributed by atoms with Crippen LogP contribution in [0.3, 0.4) is 0 Å². The van der Waals surface area contributed by atoms with Crippen LogP contribution in [0.15, 0.2) is 42.5 Å². The molecule has 0 spiro atoms. The minimum atomic E-state index is -0.499. The zero-order valence-corrected chi connectivity index (χ0v) is 16.3. The Kier molecular flexibility index (Phi) is 6.18. The van der Waals surface area contributed by atoms with Crippen molar-refractivity contribution in [1.82, 2.24) is 19.7 Å². The van der Waals surface area contributed by atoms with E-state index in [0.717, 1.165) is 0 Å². The van der Waals surface area contributed by atoms with Gasteiger partial charge in [-0.15, -0.1) is 10.2 Å². The molecule has 0 aliphatic rings. The van der Waals surface area contributed by atoms with E-state index in [0.29, 0.717) is 35.3 Å². The van der Waals surface area contributed by atoms with E-state index in [2.05, 4.69) is 10.2 Å². The highest BCUT2D eigenvalue weighted by molar-refractivity contribution is 6.31. The maximum Gasteiger partial charge on any atom is 0.195 e. The van der Waals surface area contributed by atoms with Crippen LogP contribution in [-0.2, 0) is 13.0 Å². The normalized spacial score (nSPS) is 11.2. The van der Waals surface area contributed by atoms with Crippen LogP contribution < -0.4 is 0 Å². The number of likely N-dealkylation sites (N-methyl/N-ethyl adjacent to an activating group) is 1. The molecule has 8 heteroatoms. The fraction of sp³-hybridized carbons (Fsp3) is 0.250. The molecule has 1 aromatic heterocycles. The molecule has 0 aliphatic heterocycles. The summed E-state index contributed by atoms with van der Waals surface area (Å²) < 4.78 is 15.3. The monoisotopic (exact) mass is 402 g/mol. The number of aliphatic hydroxyl groups is 1. The van der Waals surface area contributed by atoms with Gasteiger partial charge in [-0.25, -0.2) is 4.39 Å². The van der Waals surface area contributed by atoms with Gasteiger partial charge in [-0.3, -0.25) is 9.36 Å². The zero-order valence-electron chi connectivity index (χ0n) is 15.6. The van der Waals surface area contributed by atoms with Crippen LogP contribution in [0, 0.1) is 5.82 Å². The smallest absolute Gasteiger partial charge is 0.195 e. The van der Waals surface area contributed by atoms with E-state index in [9.17, 15) is 14.3 Å². The molecule has 146 valence electrons. The Hall–Kier alpha value is -2.61. The summed E-state index contributed by atoms with van der Waals surface area (Å²) in [6.45, 7) is 0.371. The molecule has 1 N–H and O–H groups in total. The largest absolute Gasteiger partial charge is 0.388 e. The van der Waals surface area contributed by atoms with E-state index in [-0.39, 0.29) is 23.5 Å². The molecule has 0 fully saturated rings. The Labute approximate surface area is 167 Å². The third-order valence-electron chi connectivity index (χ3n) is 4.25. The summed E-state index contributed by atoms with van der Waals surface area (Å²) in [7, 11) is 3.88. The van der Waals surface area contributed by atoms with Gasteiger partial charge < -0.3 is 10.0 Å². The van der Waals surface area contributed by atoms with Gasteiger partial charge in [0.05, 0.1) is 5.69 Å². The summed E-state index contributed by atoms with van der Waals surface area (Å²) in [5.74, 6) is 0.0346. The molecule has 0 atom stereocenters. The van der Waals surface area contributed by atoms with E-state index in [4.69, 9.17) is 11.6 Å². The number of halogens is 2. The van der Waals surface area contributed by atoms with Crippen molar-refractivity contribution in [2.45, 2.75) is 13.0 Å². The van der Waals surface area contributed by atoms with E-state index in [1.807, 2.05) is 19.0 Å². The van der Waals surface area contributed by atoms with Crippen LogP contribution in [0.1, 0.15) is 27.6 Å². The van der Waals surface area contributed by atoms with Crippen molar-refractivity contribution in [3.8, 4) is 5.69 Å². The van der Waals surface area contributed by atoms with Crippen molar-refractivity contribution in [3.63, 3.8) is 0 Å². The first-order chi connectivity index (χ1) is 13.4. The van der Waals surface area contributed by atoms with Gasteiger partial charge in [-0.1, -0.05) is 23.7 Å². The van der Waals surface area contributed by atoms with Crippen LogP contribution in [0.5, 0.6) is 0 Å². The molecule has 3 rings (SSSR count). The summed E-state index contributed by atoms with van der Waals surface area (Å²) in [6.07, 6.45) is 0.566. The molecule has 0 aliphatic carbocycles. The molecule has 6 nitrogen and oxygen atoms in total. The van der Waals surface area contributed by atoms with Crippen molar-refractivity contribution in [1.29, 1.82) is 0 Å². The molecule has 0 radical (unpaired) electrons. The molecule has 3 aromatic rings. The van der Waals surface area contributed by atoms with Gasteiger partial charge in [0.15, 0.2) is 11.6 Å². The molecule has 0 bridgehead atoms. The minimum absolute atomic E-state index is 0.206. The van der Waals surface area contributed by atoms with Gasteiger partial charge in [0.1, 0.15) is 18.2 Å². The Morgan fingerprint density at radius 3 is 2.61 bits per heavy atom. The van der Waals surface area contributed by atoms with Gasteiger partial charge in [0.25, 0.3) is 0 Å². The third-order valence-corrected chi connectivity index (χ3v) is 4.49. The van der Waals surface area contributed by atoms with Crippen molar-refractivity contribution in [2.24, 2.45) is 0 Å². The molecule has 28 heavy (non-hydrogen) atoms. The third kappa shape index (κ3) is 4.27. The van der Waals surface area contributed by atoms with Gasteiger partial charge in [-0.2, -0.15) is 0 Å². The molecule has 0 saturated carbocycles. The highest BCUT2D eigenvalue weighted by Crippen LogP contribution is 2.25. The fourth-order valence-corrected chi connectivity index (χ4v) is 3.06. The maximum atomic E-state index is 13.6. The molecular formula is C20H20ClFN4O2. The van der Waals surface area contributed by atoms with Gasteiger partial charge >= 0.3 is 0 Å². The van der Waals surface area contributed by atoms with E-state index in [1.54, 1.807) is 22.8 Å². The zero-order chi connectivity index (χ0) is 20.3. The number of hydrogen-bond acceptors (Lipinski definition) is 5. The number of aromatic nitrogens is 3. The first kappa shape index (κ1) is 20.1. The highest BCUT2D eigenvalue weighted by Gasteiger charge is 2.21. The number of aliphatic hydroxyl groups excluding tert-OH is 1. The number of nitrogens with zero attached hydrogens (tertiary/aromatic N) is 4. The second-order valence-corrected chi connectivity index (χ2v) is 7.02. The standard InChI is InChI=1S/C20H20ClFN4O2/c1-25(2)9-8-18-23-24-19(12-27)26(18)17-7-6-14(21)11-16(17)20(28)13-4-3-5-15(22)10-13/h3-7,10-11,27H,8-9,12H2,1-2H3. The van der Waals surface area contributed by atoms with Crippen molar-refractivity contribution in [3.05, 3.63) is 76.1 Å². The van der Waals surface area contributed by atoms with Gasteiger partial charge in [-0.05, 0) is 44.4 Å². The lowest BCUT2D eigenvalue weighted by atomic mass is 10.0. The van der Waals surface area contributed by atoms with Crippen LogP contribution >= 0.6 is 11.6 Å². The van der Waals surface area contributed by atoms with Crippen LogP contribution in [0.25, 0.3) is 5.69 Å². The molecule has 0 saturated heterocycles. The number of rotatable bonds is 7. The molecular weight excluding hydrogens is 383 g/mol. The molecule has 2 aromatic carbocycles. The Balaban J connectivity index is 2.14. The van der Waals surface area contributed by atoms with E-state index < -0.39 is 5.82 Å². The van der Waals surface area contributed by atoms with E-state index >= 15 is 0 Å². The van der Waals surface area contributed by atoms with Crippen LogP contribution in [0.2, 0.25) is 5.02 Å². The Morgan fingerprint density at radius 1 is 1.18 bits per heavy atom. The van der Waals surface area contributed by atoms with Gasteiger partial charge in [0, 0.05) is 29.1 Å². The lowest BCUT2D eigenvalue weighted by molar-refractivity contribution is 0.103. The number of carbonyl (C=O) groups is 1. The lowest BCUT2D eigenvalue weighted by Gasteiger charge is -2.15.